The molecule has 0 heterocycles. The highest BCUT2D eigenvalue weighted by atomic mass is 32.2. The van der Waals surface area contributed by atoms with Crippen molar-refractivity contribution in [3.05, 3.63) is 35.4 Å². The molecule has 16 heavy (non-hydrogen) atoms. The minimum absolute atomic E-state index is 0.0313. The maximum Gasteiger partial charge on any atom is 0.162 e. The van der Waals surface area contributed by atoms with E-state index in [0.29, 0.717) is 0 Å². The quantitative estimate of drug-likeness (QED) is 0.864. The van der Waals surface area contributed by atoms with Crippen molar-refractivity contribution in [2.75, 3.05) is 12.0 Å². The molecule has 0 saturated heterocycles. The Morgan fingerprint density at radius 2 is 2.00 bits per heavy atom. The average Bonchev–Trinajstić information content (AvgIpc) is 2.09. The van der Waals surface area contributed by atoms with Gasteiger partial charge in [0.1, 0.15) is 9.84 Å². The summed E-state index contributed by atoms with van der Waals surface area (Å²) in [6, 6.07) is 3.58. The molecule has 0 fully saturated rings. The van der Waals surface area contributed by atoms with Crippen molar-refractivity contribution in [1.82, 2.24) is 0 Å². The molecule has 1 atom stereocenters. The number of halogens is 2. The first-order valence-corrected chi connectivity index (χ1v) is 6.64. The van der Waals surface area contributed by atoms with Gasteiger partial charge in [-0.15, -0.1) is 0 Å². The Morgan fingerprint density at radius 3 is 2.56 bits per heavy atom. The Balaban J connectivity index is 2.77. The first kappa shape index (κ1) is 13.1. The Morgan fingerprint density at radius 1 is 1.38 bits per heavy atom. The van der Waals surface area contributed by atoms with Crippen LogP contribution in [0.4, 0.5) is 8.78 Å². The lowest BCUT2D eigenvalue weighted by Gasteiger charge is -2.10. The molecule has 0 amide bonds. The van der Waals surface area contributed by atoms with Gasteiger partial charge in [-0.3, -0.25) is 0 Å². The molecule has 1 aromatic rings. The molecule has 1 N–H and O–H groups in total. The number of aliphatic hydroxyl groups is 1. The second-order valence-electron chi connectivity index (χ2n) is 3.66. The van der Waals surface area contributed by atoms with Crippen LogP contribution in [-0.4, -0.2) is 31.6 Å². The lowest BCUT2D eigenvalue weighted by atomic mass is 10.1. The first-order chi connectivity index (χ1) is 7.29. The zero-order valence-electron chi connectivity index (χ0n) is 8.65. The van der Waals surface area contributed by atoms with Gasteiger partial charge in [-0.05, 0) is 11.6 Å². The van der Waals surface area contributed by atoms with Crippen molar-refractivity contribution < 1.29 is 22.3 Å². The van der Waals surface area contributed by atoms with Crippen LogP contribution in [0.3, 0.4) is 0 Å². The van der Waals surface area contributed by atoms with Gasteiger partial charge in [0, 0.05) is 12.7 Å². The van der Waals surface area contributed by atoms with E-state index in [1.54, 1.807) is 0 Å². The number of benzene rings is 1. The Bertz CT molecular complexity index is 471. The molecule has 0 radical (unpaired) electrons. The average molecular weight is 250 g/mol. The van der Waals surface area contributed by atoms with Gasteiger partial charge in [0.05, 0.1) is 11.9 Å². The van der Waals surface area contributed by atoms with E-state index in [0.717, 1.165) is 12.3 Å². The van der Waals surface area contributed by atoms with Crippen molar-refractivity contribution >= 4 is 9.84 Å². The molecule has 0 aliphatic rings. The van der Waals surface area contributed by atoms with Crippen molar-refractivity contribution in [3.8, 4) is 0 Å². The summed E-state index contributed by atoms with van der Waals surface area (Å²) in [5.74, 6) is -2.53. The Labute approximate surface area is 92.6 Å². The van der Waals surface area contributed by atoms with Gasteiger partial charge < -0.3 is 5.11 Å². The Hall–Kier alpha value is -1.01. The molecule has 0 saturated carbocycles. The van der Waals surface area contributed by atoms with Gasteiger partial charge in [-0.25, -0.2) is 17.2 Å². The van der Waals surface area contributed by atoms with Crippen LogP contribution in [0.1, 0.15) is 5.56 Å². The smallest absolute Gasteiger partial charge is 0.162 e. The molecule has 3 nitrogen and oxygen atoms in total. The third kappa shape index (κ3) is 3.86. The monoisotopic (exact) mass is 250 g/mol. The number of rotatable bonds is 4. The van der Waals surface area contributed by atoms with Crippen LogP contribution < -0.4 is 0 Å². The lowest BCUT2D eigenvalue weighted by molar-refractivity contribution is 0.196. The minimum Gasteiger partial charge on any atom is -0.392 e. The first-order valence-electron chi connectivity index (χ1n) is 4.58. The number of sulfone groups is 1. The van der Waals surface area contributed by atoms with Crippen molar-refractivity contribution in [2.45, 2.75) is 12.5 Å². The third-order valence-electron chi connectivity index (χ3n) is 1.98. The van der Waals surface area contributed by atoms with Gasteiger partial charge in [0.15, 0.2) is 11.6 Å². The van der Waals surface area contributed by atoms with Gasteiger partial charge >= 0.3 is 0 Å². The van der Waals surface area contributed by atoms with Gasteiger partial charge in [0.25, 0.3) is 0 Å². The second-order valence-corrected chi connectivity index (χ2v) is 5.85. The van der Waals surface area contributed by atoms with E-state index in [1.807, 2.05) is 0 Å². The third-order valence-corrected chi connectivity index (χ3v) is 2.97. The largest absolute Gasteiger partial charge is 0.392 e. The van der Waals surface area contributed by atoms with Crippen LogP contribution in [0, 0.1) is 11.6 Å². The summed E-state index contributed by atoms with van der Waals surface area (Å²) < 4.78 is 47.7. The van der Waals surface area contributed by atoms with Crippen molar-refractivity contribution in [2.24, 2.45) is 0 Å². The molecule has 0 aromatic heterocycles. The molecule has 0 bridgehead atoms. The molecule has 0 aliphatic carbocycles. The number of hydrogen-bond acceptors (Lipinski definition) is 3. The predicted molar refractivity (Wildman–Crippen MR) is 55.8 cm³/mol. The fourth-order valence-electron chi connectivity index (χ4n) is 1.37. The summed E-state index contributed by atoms with van der Waals surface area (Å²) in [6.45, 7) is 0. The van der Waals surface area contributed by atoms with E-state index in [4.69, 9.17) is 0 Å². The molecule has 6 heteroatoms. The van der Waals surface area contributed by atoms with Crippen LogP contribution in [-0.2, 0) is 16.3 Å². The van der Waals surface area contributed by atoms with Crippen molar-refractivity contribution in [3.63, 3.8) is 0 Å². The number of aliphatic hydroxyl groups excluding tert-OH is 1. The highest BCUT2D eigenvalue weighted by molar-refractivity contribution is 7.90. The maximum atomic E-state index is 13.2. The molecule has 1 rings (SSSR count). The van der Waals surface area contributed by atoms with E-state index in [9.17, 15) is 22.3 Å². The summed E-state index contributed by atoms with van der Waals surface area (Å²) in [7, 11) is -3.33. The molecular formula is C10H12F2O3S. The van der Waals surface area contributed by atoms with Crippen LogP contribution in [0.5, 0.6) is 0 Å². The Kier molecular flexibility index (Phi) is 3.98. The summed E-state index contributed by atoms with van der Waals surface area (Å²) in [5.41, 5.74) is -0.0313. The second kappa shape index (κ2) is 4.88. The summed E-state index contributed by atoms with van der Waals surface area (Å²) >= 11 is 0. The fourth-order valence-corrected chi connectivity index (χ4v) is 2.19. The molecule has 90 valence electrons. The molecule has 1 unspecified atom stereocenters. The normalized spacial score (nSPS) is 13.8. The molecule has 1 aromatic carbocycles. The highest BCUT2D eigenvalue weighted by Crippen LogP contribution is 2.13. The van der Waals surface area contributed by atoms with Crippen LogP contribution in [0.2, 0.25) is 0 Å². The molecular weight excluding hydrogens is 238 g/mol. The number of hydrogen-bond donors (Lipinski definition) is 1. The standard InChI is InChI=1S/C10H12F2O3S/c1-16(14,15)6-8(13)5-7-3-2-4-9(11)10(7)12/h2-4,8,13H,5-6H2,1H3. The zero-order valence-corrected chi connectivity index (χ0v) is 9.47. The topological polar surface area (TPSA) is 54.4 Å². The van der Waals surface area contributed by atoms with E-state index in [2.05, 4.69) is 0 Å². The molecule has 0 aliphatic heterocycles. The van der Waals surface area contributed by atoms with E-state index in [-0.39, 0.29) is 12.0 Å². The van der Waals surface area contributed by atoms with Crippen LogP contribution >= 0.6 is 0 Å². The fraction of sp³-hybridized carbons (Fsp3) is 0.400. The summed E-state index contributed by atoms with van der Waals surface area (Å²) in [4.78, 5) is 0. The minimum atomic E-state index is -3.33. The summed E-state index contributed by atoms with van der Waals surface area (Å²) in [6.07, 6.45) is -0.485. The van der Waals surface area contributed by atoms with Crippen LogP contribution in [0.15, 0.2) is 18.2 Å². The van der Waals surface area contributed by atoms with Crippen molar-refractivity contribution in [1.29, 1.82) is 0 Å². The van der Waals surface area contributed by atoms with E-state index < -0.39 is 33.3 Å². The van der Waals surface area contributed by atoms with E-state index >= 15 is 0 Å². The van der Waals surface area contributed by atoms with Crippen LogP contribution in [0.25, 0.3) is 0 Å². The van der Waals surface area contributed by atoms with Gasteiger partial charge in [0.2, 0.25) is 0 Å². The van der Waals surface area contributed by atoms with E-state index in [1.165, 1.54) is 12.1 Å². The zero-order chi connectivity index (χ0) is 12.3. The summed E-state index contributed by atoms with van der Waals surface area (Å²) in [5, 5.41) is 9.39. The van der Waals surface area contributed by atoms with Gasteiger partial charge in [-0.2, -0.15) is 0 Å². The lowest BCUT2D eigenvalue weighted by Crippen LogP contribution is -2.22. The maximum absolute atomic E-state index is 13.2. The predicted octanol–water partition coefficient (Wildman–Crippen LogP) is 0.913. The van der Waals surface area contributed by atoms with Gasteiger partial charge in [-0.1, -0.05) is 12.1 Å². The highest BCUT2D eigenvalue weighted by Gasteiger charge is 2.16. The molecule has 0 spiro atoms. The SMILES string of the molecule is CS(=O)(=O)CC(O)Cc1cccc(F)c1F.